The smallest absolute Gasteiger partial charge is 0.348 e. The van der Waals surface area contributed by atoms with Crippen LogP contribution >= 0.6 is 0 Å². The molecule has 1 aliphatic heterocycles. The first-order chi connectivity index (χ1) is 19.2. The molecule has 7 nitrogen and oxygen atoms in total. The first-order valence-electron chi connectivity index (χ1n) is 13.7. The lowest BCUT2D eigenvalue weighted by Crippen LogP contribution is -2.20. The first-order valence-corrected chi connectivity index (χ1v) is 13.7. The predicted octanol–water partition coefficient (Wildman–Crippen LogP) is 5.59. The zero-order valence-corrected chi connectivity index (χ0v) is 22.1. The monoisotopic (exact) mass is 516 g/mol. The number of rotatable bonds is 7. The minimum atomic E-state index is -0.229. The van der Waals surface area contributed by atoms with Gasteiger partial charge in [-0.15, -0.1) is 0 Å². The molecule has 3 aromatic heterocycles. The fourth-order valence-electron chi connectivity index (χ4n) is 6.27. The van der Waals surface area contributed by atoms with E-state index in [9.17, 15) is 4.79 Å². The van der Waals surface area contributed by atoms with Crippen molar-refractivity contribution in [2.24, 2.45) is 13.0 Å². The maximum atomic E-state index is 13.2. The van der Waals surface area contributed by atoms with Crippen molar-refractivity contribution in [2.75, 3.05) is 13.1 Å². The average Bonchev–Trinajstić information content (AvgIpc) is 3.73. The number of fused-ring (bicyclic) bond motifs is 2. The zero-order valence-electron chi connectivity index (χ0n) is 22.1. The standard InChI is InChI=1S/C32H32N6O/c1-35-21-27(25-11-5-7-13-28(25)35)31-33-34-32(39)38(31)30-22-37(29-14-8-6-12-26(29)30)18-16-24-15-17-36(20-24)19-23-9-3-2-4-10-23/h2-14,21-22,24H,15-20H2,1H3,(H,34,39). The summed E-state index contributed by atoms with van der Waals surface area (Å²) >= 11 is 0. The molecule has 0 aliphatic carbocycles. The Hall–Kier alpha value is -4.36. The van der Waals surface area contributed by atoms with Gasteiger partial charge in [0.15, 0.2) is 5.82 Å². The van der Waals surface area contributed by atoms with Gasteiger partial charge in [-0.3, -0.25) is 4.90 Å². The van der Waals surface area contributed by atoms with E-state index in [0.29, 0.717) is 11.7 Å². The highest BCUT2D eigenvalue weighted by molar-refractivity contribution is 5.96. The largest absolute Gasteiger partial charge is 0.350 e. The highest BCUT2D eigenvalue weighted by Gasteiger charge is 2.24. The number of para-hydroxylation sites is 2. The van der Waals surface area contributed by atoms with E-state index >= 15 is 0 Å². The third-order valence-corrected chi connectivity index (χ3v) is 8.22. The molecule has 0 radical (unpaired) electrons. The van der Waals surface area contributed by atoms with Gasteiger partial charge in [-0.1, -0.05) is 66.7 Å². The quantitative estimate of drug-likeness (QED) is 0.301. The van der Waals surface area contributed by atoms with Crippen LogP contribution < -0.4 is 5.69 Å². The van der Waals surface area contributed by atoms with Crippen molar-refractivity contribution in [3.63, 3.8) is 0 Å². The Morgan fingerprint density at radius 1 is 0.897 bits per heavy atom. The van der Waals surface area contributed by atoms with Crippen molar-refractivity contribution < 1.29 is 0 Å². The minimum absolute atomic E-state index is 0.229. The van der Waals surface area contributed by atoms with E-state index < -0.39 is 0 Å². The number of benzene rings is 3. The number of likely N-dealkylation sites (tertiary alicyclic amines) is 1. The molecule has 6 aromatic rings. The third-order valence-electron chi connectivity index (χ3n) is 8.22. The summed E-state index contributed by atoms with van der Waals surface area (Å²) in [5.74, 6) is 1.30. The number of aryl methyl sites for hydroxylation is 2. The molecule has 1 atom stereocenters. The van der Waals surface area contributed by atoms with Crippen LogP contribution in [0.5, 0.6) is 0 Å². The molecule has 0 bridgehead atoms. The van der Waals surface area contributed by atoms with Crippen molar-refractivity contribution in [3.8, 4) is 17.1 Å². The highest BCUT2D eigenvalue weighted by Crippen LogP contribution is 2.32. The zero-order chi connectivity index (χ0) is 26.3. The van der Waals surface area contributed by atoms with Crippen LogP contribution in [0.25, 0.3) is 38.9 Å². The van der Waals surface area contributed by atoms with E-state index in [1.54, 1.807) is 4.57 Å². The maximum Gasteiger partial charge on any atom is 0.348 e. The van der Waals surface area contributed by atoms with Crippen LogP contribution in [0.1, 0.15) is 18.4 Å². The Balaban J connectivity index is 1.19. The molecular formula is C32H32N6O. The summed E-state index contributed by atoms with van der Waals surface area (Å²) in [5.41, 5.74) is 5.20. The first kappa shape index (κ1) is 23.7. The normalized spacial score (nSPS) is 16.1. The summed E-state index contributed by atoms with van der Waals surface area (Å²) < 4.78 is 6.13. The van der Waals surface area contributed by atoms with Crippen molar-refractivity contribution in [1.82, 2.24) is 28.8 Å². The summed E-state index contributed by atoms with van der Waals surface area (Å²) in [4.78, 5) is 15.8. The van der Waals surface area contributed by atoms with Gasteiger partial charge >= 0.3 is 5.69 Å². The van der Waals surface area contributed by atoms with Gasteiger partial charge in [-0.2, -0.15) is 5.10 Å². The fraction of sp³-hybridized carbons (Fsp3) is 0.250. The fourth-order valence-corrected chi connectivity index (χ4v) is 6.27. The van der Waals surface area contributed by atoms with E-state index in [4.69, 9.17) is 0 Å². The summed E-state index contributed by atoms with van der Waals surface area (Å²) in [6.45, 7) is 4.22. The second-order valence-corrected chi connectivity index (χ2v) is 10.7. The van der Waals surface area contributed by atoms with Gasteiger partial charge < -0.3 is 9.13 Å². The molecule has 1 unspecified atom stereocenters. The van der Waals surface area contributed by atoms with Crippen LogP contribution in [0.15, 0.2) is 96.1 Å². The lowest BCUT2D eigenvalue weighted by atomic mass is 10.1. The molecule has 4 heterocycles. The van der Waals surface area contributed by atoms with Crippen LogP contribution in [0.4, 0.5) is 0 Å². The van der Waals surface area contributed by atoms with Crippen LogP contribution in [0, 0.1) is 5.92 Å². The van der Waals surface area contributed by atoms with Crippen molar-refractivity contribution in [3.05, 3.63) is 107 Å². The molecule has 0 amide bonds. The van der Waals surface area contributed by atoms with Gasteiger partial charge in [0.05, 0.1) is 11.2 Å². The molecule has 7 rings (SSSR count). The number of H-pyrrole nitrogens is 1. The van der Waals surface area contributed by atoms with E-state index in [0.717, 1.165) is 65.7 Å². The molecular weight excluding hydrogens is 484 g/mol. The topological polar surface area (TPSA) is 63.8 Å². The van der Waals surface area contributed by atoms with Crippen molar-refractivity contribution in [1.29, 1.82) is 0 Å². The third kappa shape index (κ3) is 4.29. The molecule has 1 aliphatic rings. The lowest BCUT2D eigenvalue weighted by Gasteiger charge is -2.16. The van der Waals surface area contributed by atoms with Gasteiger partial charge in [0.1, 0.15) is 0 Å². The number of aromatic nitrogens is 5. The van der Waals surface area contributed by atoms with Crippen LogP contribution in [0.3, 0.4) is 0 Å². The second kappa shape index (κ2) is 9.75. The Kier molecular flexibility index (Phi) is 5.93. The molecule has 1 fully saturated rings. The summed E-state index contributed by atoms with van der Waals surface area (Å²) in [6.07, 6.45) is 6.52. The number of nitrogens with one attached hydrogen (secondary N) is 1. The number of hydrogen-bond donors (Lipinski definition) is 1. The molecule has 0 saturated carbocycles. The Bertz CT molecular complexity index is 1820. The second-order valence-electron chi connectivity index (χ2n) is 10.7. The average molecular weight is 517 g/mol. The Morgan fingerprint density at radius 3 is 2.49 bits per heavy atom. The molecule has 3 aromatic carbocycles. The summed E-state index contributed by atoms with van der Waals surface area (Å²) in [5, 5.41) is 9.34. The molecule has 1 N–H and O–H groups in total. The molecule has 1 saturated heterocycles. The minimum Gasteiger partial charge on any atom is -0.350 e. The number of nitrogens with zero attached hydrogens (tertiary/aromatic N) is 5. The Labute approximate surface area is 226 Å². The van der Waals surface area contributed by atoms with Gasteiger partial charge in [-0.05, 0) is 43.0 Å². The summed E-state index contributed by atoms with van der Waals surface area (Å²) in [6, 6.07) is 27.3. The molecule has 196 valence electrons. The van der Waals surface area contributed by atoms with Crippen LogP contribution in [0.2, 0.25) is 0 Å². The SMILES string of the molecule is Cn1cc(-c2n[nH]c(=O)n2-c2cn(CCC3CCN(Cc4ccccc4)C3)c3ccccc23)c2ccccc21. The van der Waals surface area contributed by atoms with E-state index in [1.165, 1.54) is 12.0 Å². The van der Waals surface area contributed by atoms with Gasteiger partial charge in [0.25, 0.3) is 0 Å². The molecule has 0 spiro atoms. The van der Waals surface area contributed by atoms with Gasteiger partial charge in [0.2, 0.25) is 0 Å². The van der Waals surface area contributed by atoms with Crippen molar-refractivity contribution >= 4 is 21.8 Å². The van der Waals surface area contributed by atoms with Gasteiger partial charge in [0, 0.05) is 60.9 Å². The van der Waals surface area contributed by atoms with Crippen LogP contribution in [-0.2, 0) is 20.1 Å². The maximum absolute atomic E-state index is 13.2. The molecule has 39 heavy (non-hydrogen) atoms. The van der Waals surface area contributed by atoms with E-state index in [-0.39, 0.29) is 5.69 Å². The Morgan fingerprint density at radius 2 is 1.64 bits per heavy atom. The van der Waals surface area contributed by atoms with Crippen molar-refractivity contribution in [2.45, 2.75) is 25.9 Å². The lowest BCUT2D eigenvalue weighted by molar-refractivity contribution is 0.311. The number of hydrogen-bond acceptors (Lipinski definition) is 3. The van der Waals surface area contributed by atoms with E-state index in [2.05, 4.69) is 97.3 Å². The number of aromatic amines is 1. The molecule has 7 heteroatoms. The highest BCUT2D eigenvalue weighted by atomic mass is 16.1. The van der Waals surface area contributed by atoms with Gasteiger partial charge in [-0.25, -0.2) is 14.5 Å². The predicted molar refractivity (Wildman–Crippen MR) is 156 cm³/mol. The van der Waals surface area contributed by atoms with Crippen LogP contribution in [-0.4, -0.2) is 41.9 Å². The summed E-state index contributed by atoms with van der Waals surface area (Å²) in [7, 11) is 2.02. The van der Waals surface area contributed by atoms with E-state index in [1.807, 2.05) is 25.2 Å².